The van der Waals surface area contributed by atoms with Crippen LogP contribution in [0.25, 0.3) is 0 Å². The molecule has 2 aliphatic rings. The largest absolute Gasteiger partial charge is 0.353 e. The minimum atomic E-state index is -0.0176. The maximum atomic E-state index is 11.8. The smallest absolute Gasteiger partial charge is 0.246 e. The fourth-order valence-corrected chi connectivity index (χ4v) is 4.21. The zero-order chi connectivity index (χ0) is 20.2. The first-order valence-electron chi connectivity index (χ1n) is 10.0. The van der Waals surface area contributed by atoms with E-state index in [-0.39, 0.29) is 5.91 Å². The van der Waals surface area contributed by atoms with Crippen molar-refractivity contribution in [1.29, 1.82) is 5.26 Å². The SMILES string of the molecule is C=CC(=O)N1CCN(c2ncc(C#N)c3c2CCN(Cc2ccccc2)C3)CC1. The monoisotopic (exact) mass is 387 g/mol. The molecule has 6 heteroatoms. The molecule has 29 heavy (non-hydrogen) atoms. The molecular weight excluding hydrogens is 362 g/mol. The van der Waals surface area contributed by atoms with E-state index in [4.69, 9.17) is 0 Å². The molecule has 2 aliphatic heterocycles. The third kappa shape index (κ3) is 4.01. The van der Waals surface area contributed by atoms with Crippen molar-refractivity contribution < 1.29 is 4.79 Å². The number of benzene rings is 1. The predicted octanol–water partition coefficient (Wildman–Crippen LogP) is 2.35. The number of anilines is 1. The molecule has 0 saturated carbocycles. The molecule has 1 saturated heterocycles. The fraction of sp³-hybridized carbons (Fsp3) is 0.348. The number of piperazine rings is 1. The van der Waals surface area contributed by atoms with Gasteiger partial charge >= 0.3 is 0 Å². The third-order valence-corrected chi connectivity index (χ3v) is 5.77. The number of nitrogens with zero attached hydrogens (tertiary/aromatic N) is 5. The summed E-state index contributed by atoms with van der Waals surface area (Å²) >= 11 is 0. The number of hydrogen-bond donors (Lipinski definition) is 0. The zero-order valence-electron chi connectivity index (χ0n) is 16.5. The minimum absolute atomic E-state index is 0.0176. The lowest BCUT2D eigenvalue weighted by atomic mass is 9.96. The normalized spacial score (nSPS) is 16.8. The second kappa shape index (κ2) is 8.46. The highest BCUT2D eigenvalue weighted by atomic mass is 16.2. The van der Waals surface area contributed by atoms with Gasteiger partial charge in [-0.25, -0.2) is 4.98 Å². The lowest BCUT2D eigenvalue weighted by Gasteiger charge is -2.38. The summed E-state index contributed by atoms with van der Waals surface area (Å²) in [5.74, 6) is 0.958. The number of pyridine rings is 1. The van der Waals surface area contributed by atoms with Gasteiger partial charge in [-0.05, 0) is 23.6 Å². The summed E-state index contributed by atoms with van der Waals surface area (Å²) in [4.78, 5) is 23.0. The minimum Gasteiger partial charge on any atom is -0.353 e. The summed E-state index contributed by atoms with van der Waals surface area (Å²) in [6, 6.07) is 12.8. The Bertz CT molecular complexity index is 942. The summed E-state index contributed by atoms with van der Waals surface area (Å²) in [6.07, 6.45) is 3.96. The second-order valence-corrected chi connectivity index (χ2v) is 7.53. The Morgan fingerprint density at radius 2 is 1.90 bits per heavy atom. The van der Waals surface area contributed by atoms with Crippen LogP contribution in [0.2, 0.25) is 0 Å². The van der Waals surface area contributed by atoms with Crippen molar-refractivity contribution in [3.8, 4) is 6.07 Å². The van der Waals surface area contributed by atoms with Crippen LogP contribution in [0.1, 0.15) is 22.3 Å². The molecule has 0 N–H and O–H groups in total. The first kappa shape index (κ1) is 19.2. The van der Waals surface area contributed by atoms with Crippen LogP contribution in [0.15, 0.2) is 49.2 Å². The van der Waals surface area contributed by atoms with Gasteiger partial charge in [0.15, 0.2) is 0 Å². The Morgan fingerprint density at radius 3 is 2.59 bits per heavy atom. The molecule has 3 heterocycles. The van der Waals surface area contributed by atoms with E-state index in [1.54, 1.807) is 6.20 Å². The second-order valence-electron chi connectivity index (χ2n) is 7.53. The van der Waals surface area contributed by atoms with Gasteiger partial charge in [0.25, 0.3) is 0 Å². The topological polar surface area (TPSA) is 63.5 Å². The van der Waals surface area contributed by atoms with Crippen molar-refractivity contribution in [2.75, 3.05) is 37.6 Å². The Kier molecular flexibility index (Phi) is 5.59. The molecule has 1 aromatic heterocycles. The highest BCUT2D eigenvalue weighted by Crippen LogP contribution is 2.30. The van der Waals surface area contributed by atoms with E-state index >= 15 is 0 Å². The highest BCUT2D eigenvalue weighted by molar-refractivity contribution is 5.87. The Hall–Kier alpha value is -3.17. The van der Waals surface area contributed by atoms with Crippen molar-refractivity contribution in [2.45, 2.75) is 19.5 Å². The van der Waals surface area contributed by atoms with Gasteiger partial charge in [0.05, 0.1) is 5.56 Å². The molecule has 2 aromatic rings. The van der Waals surface area contributed by atoms with Crippen LogP contribution in [-0.2, 0) is 24.3 Å². The van der Waals surface area contributed by atoms with Crippen LogP contribution in [-0.4, -0.2) is 53.4 Å². The van der Waals surface area contributed by atoms with E-state index in [9.17, 15) is 10.1 Å². The predicted molar refractivity (Wildman–Crippen MR) is 112 cm³/mol. The number of carbonyl (C=O) groups is 1. The number of rotatable bonds is 4. The highest BCUT2D eigenvalue weighted by Gasteiger charge is 2.27. The van der Waals surface area contributed by atoms with Crippen LogP contribution < -0.4 is 4.90 Å². The van der Waals surface area contributed by atoms with E-state index < -0.39 is 0 Å². The summed E-state index contributed by atoms with van der Waals surface area (Å²) in [7, 11) is 0. The van der Waals surface area contributed by atoms with E-state index in [2.05, 4.69) is 51.7 Å². The number of fused-ring (bicyclic) bond motifs is 1. The van der Waals surface area contributed by atoms with Gasteiger partial charge in [-0.2, -0.15) is 5.26 Å². The molecule has 6 nitrogen and oxygen atoms in total. The molecule has 1 amide bonds. The van der Waals surface area contributed by atoms with Crippen LogP contribution in [0.5, 0.6) is 0 Å². The fourth-order valence-electron chi connectivity index (χ4n) is 4.21. The van der Waals surface area contributed by atoms with Crippen molar-refractivity contribution in [2.24, 2.45) is 0 Å². The van der Waals surface area contributed by atoms with E-state index in [0.29, 0.717) is 18.7 Å². The summed E-state index contributed by atoms with van der Waals surface area (Å²) in [5.41, 5.74) is 4.25. The lowest BCUT2D eigenvalue weighted by Crippen LogP contribution is -2.49. The molecule has 0 radical (unpaired) electrons. The van der Waals surface area contributed by atoms with E-state index in [0.717, 1.165) is 50.5 Å². The number of carbonyl (C=O) groups excluding carboxylic acids is 1. The molecule has 1 fully saturated rings. The summed E-state index contributed by atoms with van der Waals surface area (Å²) in [5, 5.41) is 9.62. The van der Waals surface area contributed by atoms with E-state index in [1.165, 1.54) is 17.2 Å². The number of aromatic nitrogens is 1. The van der Waals surface area contributed by atoms with Crippen LogP contribution >= 0.6 is 0 Å². The maximum absolute atomic E-state index is 11.8. The van der Waals surface area contributed by atoms with Crippen molar-refractivity contribution in [3.05, 3.63) is 71.4 Å². The third-order valence-electron chi connectivity index (χ3n) is 5.77. The van der Waals surface area contributed by atoms with Gasteiger partial charge in [-0.15, -0.1) is 0 Å². The number of nitriles is 1. The molecular formula is C23H25N5O. The quantitative estimate of drug-likeness (QED) is 0.754. The number of hydrogen-bond acceptors (Lipinski definition) is 5. The molecule has 0 aliphatic carbocycles. The average Bonchev–Trinajstić information content (AvgIpc) is 2.78. The van der Waals surface area contributed by atoms with Gasteiger partial charge < -0.3 is 9.80 Å². The Balaban J connectivity index is 1.54. The molecule has 0 bridgehead atoms. The van der Waals surface area contributed by atoms with Gasteiger partial charge in [0.1, 0.15) is 11.9 Å². The molecule has 148 valence electrons. The summed E-state index contributed by atoms with van der Waals surface area (Å²) < 4.78 is 0. The van der Waals surface area contributed by atoms with Crippen molar-refractivity contribution >= 4 is 11.7 Å². The molecule has 1 aromatic carbocycles. The van der Waals surface area contributed by atoms with Crippen LogP contribution in [0.4, 0.5) is 5.82 Å². The van der Waals surface area contributed by atoms with Crippen LogP contribution in [0.3, 0.4) is 0 Å². The molecule has 0 spiro atoms. The molecule has 4 rings (SSSR count). The molecule has 0 atom stereocenters. The molecule has 0 unspecified atom stereocenters. The lowest BCUT2D eigenvalue weighted by molar-refractivity contribution is -0.126. The van der Waals surface area contributed by atoms with Gasteiger partial charge in [-0.3, -0.25) is 9.69 Å². The average molecular weight is 387 g/mol. The first-order valence-corrected chi connectivity index (χ1v) is 10.0. The Morgan fingerprint density at radius 1 is 1.14 bits per heavy atom. The first-order chi connectivity index (χ1) is 14.2. The van der Waals surface area contributed by atoms with E-state index in [1.807, 2.05) is 11.0 Å². The van der Waals surface area contributed by atoms with Crippen molar-refractivity contribution in [3.63, 3.8) is 0 Å². The maximum Gasteiger partial charge on any atom is 0.246 e. The van der Waals surface area contributed by atoms with Gasteiger partial charge in [0.2, 0.25) is 5.91 Å². The number of amides is 1. The standard InChI is InChI=1S/C23H25N5O/c1-2-22(29)27-10-12-28(13-11-27)23-20-8-9-26(16-18-6-4-3-5-7-18)17-21(20)19(14-24)15-25-23/h2-7,15H,1,8-13,16-17H2. The van der Waals surface area contributed by atoms with Gasteiger partial charge in [-0.1, -0.05) is 36.9 Å². The van der Waals surface area contributed by atoms with Crippen LogP contribution in [0, 0.1) is 11.3 Å². The Labute approximate surface area is 171 Å². The van der Waals surface area contributed by atoms with Crippen molar-refractivity contribution in [1.82, 2.24) is 14.8 Å². The summed E-state index contributed by atoms with van der Waals surface area (Å²) in [6.45, 7) is 8.99. The van der Waals surface area contributed by atoms with Gasteiger partial charge in [0, 0.05) is 57.6 Å². The zero-order valence-corrected chi connectivity index (χ0v) is 16.5.